The molecule has 2 heteroatoms. The standard InChI is InChI=1S/C14H14O2/c1-10(2)11-4-3-5-12(8-11)14-7-6-13(9-15)16-14/h3-10H,1-2H3. The first-order valence-electron chi connectivity index (χ1n) is 5.36. The molecule has 0 saturated heterocycles. The lowest BCUT2D eigenvalue weighted by Gasteiger charge is -2.06. The lowest BCUT2D eigenvalue weighted by molar-refractivity contribution is 0.110. The molecule has 1 aromatic heterocycles. The minimum atomic E-state index is 0.366. The van der Waals surface area contributed by atoms with Gasteiger partial charge in [-0.15, -0.1) is 0 Å². The molecule has 0 radical (unpaired) electrons. The van der Waals surface area contributed by atoms with Gasteiger partial charge in [0.25, 0.3) is 0 Å². The van der Waals surface area contributed by atoms with Gasteiger partial charge in [0, 0.05) is 5.56 Å². The van der Waals surface area contributed by atoms with E-state index in [-0.39, 0.29) is 0 Å². The van der Waals surface area contributed by atoms with Crippen LogP contribution in [0.1, 0.15) is 35.9 Å². The van der Waals surface area contributed by atoms with E-state index in [9.17, 15) is 4.79 Å². The molecule has 0 aliphatic rings. The van der Waals surface area contributed by atoms with Crippen LogP contribution in [0.4, 0.5) is 0 Å². The Hall–Kier alpha value is -1.83. The predicted molar refractivity (Wildman–Crippen MR) is 63.6 cm³/mol. The monoisotopic (exact) mass is 214 g/mol. The van der Waals surface area contributed by atoms with Crippen LogP contribution in [-0.4, -0.2) is 6.29 Å². The number of hydrogen-bond acceptors (Lipinski definition) is 2. The lowest BCUT2D eigenvalue weighted by atomic mass is 10.0. The summed E-state index contributed by atoms with van der Waals surface area (Å²) in [5.41, 5.74) is 2.28. The van der Waals surface area contributed by atoms with Crippen molar-refractivity contribution in [3.63, 3.8) is 0 Å². The van der Waals surface area contributed by atoms with Crippen LogP contribution in [-0.2, 0) is 0 Å². The van der Waals surface area contributed by atoms with Gasteiger partial charge in [-0.25, -0.2) is 0 Å². The highest BCUT2D eigenvalue weighted by Crippen LogP contribution is 2.25. The van der Waals surface area contributed by atoms with E-state index in [2.05, 4.69) is 26.0 Å². The fourth-order valence-electron chi connectivity index (χ4n) is 1.62. The second kappa shape index (κ2) is 4.35. The van der Waals surface area contributed by atoms with Gasteiger partial charge in [-0.05, 0) is 29.7 Å². The highest BCUT2D eigenvalue weighted by molar-refractivity contribution is 5.72. The summed E-state index contributed by atoms with van der Waals surface area (Å²) in [4.78, 5) is 10.5. The Labute approximate surface area is 94.9 Å². The first-order valence-corrected chi connectivity index (χ1v) is 5.36. The maximum atomic E-state index is 10.5. The fourth-order valence-corrected chi connectivity index (χ4v) is 1.62. The van der Waals surface area contributed by atoms with Gasteiger partial charge in [-0.3, -0.25) is 4.79 Å². The van der Waals surface area contributed by atoms with E-state index < -0.39 is 0 Å². The molecule has 0 saturated carbocycles. The third-order valence-corrected chi connectivity index (χ3v) is 2.58. The van der Waals surface area contributed by atoms with Crippen LogP contribution in [0.25, 0.3) is 11.3 Å². The Balaban J connectivity index is 2.39. The number of aldehydes is 1. The molecule has 0 aliphatic carbocycles. The van der Waals surface area contributed by atoms with Crippen molar-refractivity contribution in [3.8, 4) is 11.3 Å². The van der Waals surface area contributed by atoms with Crippen LogP contribution in [0, 0.1) is 0 Å². The second-order valence-electron chi connectivity index (χ2n) is 4.10. The van der Waals surface area contributed by atoms with Crippen LogP contribution in [0.3, 0.4) is 0 Å². The molecule has 2 rings (SSSR count). The van der Waals surface area contributed by atoms with Crippen molar-refractivity contribution in [2.75, 3.05) is 0 Å². The molecule has 16 heavy (non-hydrogen) atoms. The molecule has 0 bridgehead atoms. The quantitative estimate of drug-likeness (QED) is 0.726. The van der Waals surface area contributed by atoms with Crippen LogP contribution in [0.5, 0.6) is 0 Å². The summed E-state index contributed by atoms with van der Waals surface area (Å²) in [5, 5.41) is 0. The van der Waals surface area contributed by atoms with Crippen LogP contribution >= 0.6 is 0 Å². The molecule has 0 fully saturated rings. The van der Waals surface area contributed by atoms with Crippen molar-refractivity contribution in [2.45, 2.75) is 19.8 Å². The third kappa shape index (κ3) is 2.06. The largest absolute Gasteiger partial charge is 0.453 e. The number of benzene rings is 1. The first kappa shape index (κ1) is 10.7. The summed E-state index contributed by atoms with van der Waals surface area (Å²) in [6, 6.07) is 11.7. The highest BCUT2D eigenvalue weighted by atomic mass is 16.3. The van der Waals surface area contributed by atoms with Gasteiger partial charge in [-0.1, -0.05) is 32.0 Å². The van der Waals surface area contributed by atoms with Crippen molar-refractivity contribution in [1.29, 1.82) is 0 Å². The SMILES string of the molecule is CC(C)c1cccc(-c2ccc(C=O)o2)c1. The molecule has 2 nitrogen and oxygen atoms in total. The average Bonchev–Trinajstić information content (AvgIpc) is 2.77. The van der Waals surface area contributed by atoms with Gasteiger partial charge in [0.15, 0.2) is 12.0 Å². The Morgan fingerprint density at radius 3 is 2.62 bits per heavy atom. The summed E-state index contributed by atoms with van der Waals surface area (Å²) >= 11 is 0. The van der Waals surface area contributed by atoms with Crippen molar-refractivity contribution < 1.29 is 9.21 Å². The molecule has 0 atom stereocenters. The minimum Gasteiger partial charge on any atom is -0.453 e. The topological polar surface area (TPSA) is 30.2 Å². The smallest absolute Gasteiger partial charge is 0.185 e. The Morgan fingerprint density at radius 2 is 2.00 bits per heavy atom. The van der Waals surface area contributed by atoms with Crippen molar-refractivity contribution in [2.24, 2.45) is 0 Å². The number of furan rings is 1. The van der Waals surface area contributed by atoms with Gasteiger partial charge in [0.05, 0.1) is 0 Å². The van der Waals surface area contributed by atoms with E-state index in [1.165, 1.54) is 5.56 Å². The normalized spacial score (nSPS) is 10.7. The molecular formula is C14H14O2. The van der Waals surface area contributed by atoms with Crippen molar-refractivity contribution in [3.05, 3.63) is 47.7 Å². The van der Waals surface area contributed by atoms with Crippen molar-refractivity contribution >= 4 is 6.29 Å². The van der Waals surface area contributed by atoms with E-state index in [0.29, 0.717) is 11.7 Å². The second-order valence-corrected chi connectivity index (χ2v) is 4.10. The van der Waals surface area contributed by atoms with Gasteiger partial charge in [-0.2, -0.15) is 0 Å². The van der Waals surface area contributed by atoms with E-state index in [1.54, 1.807) is 6.07 Å². The maximum Gasteiger partial charge on any atom is 0.185 e. The molecular weight excluding hydrogens is 200 g/mol. The highest BCUT2D eigenvalue weighted by Gasteiger charge is 2.06. The van der Waals surface area contributed by atoms with Crippen LogP contribution < -0.4 is 0 Å². The first-order chi connectivity index (χ1) is 7.70. The summed E-state index contributed by atoms with van der Waals surface area (Å²) in [7, 11) is 0. The Morgan fingerprint density at radius 1 is 1.19 bits per heavy atom. The summed E-state index contributed by atoms with van der Waals surface area (Å²) in [6.07, 6.45) is 0.718. The number of rotatable bonds is 3. The zero-order valence-corrected chi connectivity index (χ0v) is 9.44. The molecule has 82 valence electrons. The van der Waals surface area contributed by atoms with E-state index in [0.717, 1.165) is 17.6 Å². The van der Waals surface area contributed by atoms with Gasteiger partial charge in [0.2, 0.25) is 0 Å². The molecule has 0 spiro atoms. The van der Waals surface area contributed by atoms with Gasteiger partial charge >= 0.3 is 0 Å². The molecule has 1 heterocycles. The van der Waals surface area contributed by atoms with E-state index in [1.807, 2.05) is 18.2 Å². The lowest BCUT2D eigenvalue weighted by Crippen LogP contribution is -1.86. The third-order valence-electron chi connectivity index (χ3n) is 2.58. The molecule has 0 N–H and O–H groups in total. The van der Waals surface area contributed by atoms with Crippen LogP contribution in [0.15, 0.2) is 40.8 Å². The van der Waals surface area contributed by atoms with Crippen molar-refractivity contribution in [1.82, 2.24) is 0 Å². The molecule has 0 amide bonds. The number of hydrogen-bond donors (Lipinski definition) is 0. The molecule has 0 unspecified atom stereocenters. The summed E-state index contributed by atoms with van der Waals surface area (Å²) in [6.45, 7) is 4.30. The summed E-state index contributed by atoms with van der Waals surface area (Å²) < 4.78 is 5.39. The van der Waals surface area contributed by atoms with Gasteiger partial charge in [0.1, 0.15) is 5.76 Å². The number of carbonyl (C=O) groups excluding carboxylic acids is 1. The van der Waals surface area contributed by atoms with E-state index >= 15 is 0 Å². The molecule has 1 aromatic carbocycles. The minimum absolute atomic E-state index is 0.366. The summed E-state index contributed by atoms with van der Waals surface area (Å²) in [5.74, 6) is 1.59. The predicted octanol–water partition coefficient (Wildman–Crippen LogP) is 3.88. The Kier molecular flexibility index (Phi) is 2.91. The maximum absolute atomic E-state index is 10.5. The Bertz CT molecular complexity index is 495. The van der Waals surface area contributed by atoms with E-state index in [4.69, 9.17) is 4.42 Å². The van der Waals surface area contributed by atoms with Gasteiger partial charge < -0.3 is 4.42 Å². The zero-order chi connectivity index (χ0) is 11.5. The van der Waals surface area contributed by atoms with Crippen LogP contribution in [0.2, 0.25) is 0 Å². The average molecular weight is 214 g/mol. The molecule has 2 aromatic rings. The fraction of sp³-hybridized carbons (Fsp3) is 0.214. The molecule has 0 aliphatic heterocycles. The zero-order valence-electron chi connectivity index (χ0n) is 9.44. The number of carbonyl (C=O) groups is 1.